The Hall–Kier alpha value is -2.00. The van der Waals surface area contributed by atoms with E-state index < -0.39 is 0 Å². The van der Waals surface area contributed by atoms with E-state index in [0.717, 1.165) is 0 Å². The highest BCUT2D eigenvalue weighted by atomic mass is 16.5. The summed E-state index contributed by atoms with van der Waals surface area (Å²) in [6.07, 6.45) is 0.236. The zero-order valence-electron chi connectivity index (χ0n) is 7.24. The van der Waals surface area contributed by atoms with Gasteiger partial charge in [0.05, 0.1) is 31.2 Å². The van der Waals surface area contributed by atoms with E-state index in [1.54, 1.807) is 25.3 Å². The van der Waals surface area contributed by atoms with Crippen LogP contribution in [-0.2, 0) is 6.42 Å². The summed E-state index contributed by atoms with van der Waals surface area (Å²) in [5.41, 5.74) is 1.24. The maximum atomic E-state index is 8.71. The van der Waals surface area contributed by atoms with Gasteiger partial charge in [0.15, 0.2) is 0 Å². The zero-order chi connectivity index (χ0) is 9.68. The monoisotopic (exact) mass is 172 g/mol. The summed E-state index contributed by atoms with van der Waals surface area (Å²) in [6.45, 7) is 0. The first-order valence-corrected chi connectivity index (χ1v) is 3.75. The van der Waals surface area contributed by atoms with Crippen LogP contribution in [-0.4, -0.2) is 7.11 Å². The van der Waals surface area contributed by atoms with E-state index in [0.29, 0.717) is 16.9 Å². The first-order valence-electron chi connectivity index (χ1n) is 3.75. The third-order valence-corrected chi connectivity index (χ3v) is 1.70. The lowest BCUT2D eigenvalue weighted by molar-refractivity contribution is 0.414. The summed E-state index contributed by atoms with van der Waals surface area (Å²) in [7, 11) is 1.55. The smallest absolute Gasteiger partial charge is 0.119 e. The number of rotatable bonds is 2. The van der Waals surface area contributed by atoms with Gasteiger partial charge in [0.1, 0.15) is 5.75 Å². The Bertz CT molecular complexity index is 385. The predicted molar refractivity (Wildman–Crippen MR) is 47.0 cm³/mol. The highest BCUT2D eigenvalue weighted by Gasteiger charge is 2.02. The first-order chi connectivity index (χ1) is 6.31. The molecule has 0 aliphatic rings. The van der Waals surface area contributed by atoms with E-state index in [9.17, 15) is 0 Å². The minimum atomic E-state index is 0.236. The van der Waals surface area contributed by atoms with Gasteiger partial charge >= 0.3 is 0 Å². The van der Waals surface area contributed by atoms with Gasteiger partial charge in [0, 0.05) is 0 Å². The van der Waals surface area contributed by atoms with Crippen molar-refractivity contribution in [2.24, 2.45) is 0 Å². The normalized spacial score (nSPS) is 8.54. The minimum absolute atomic E-state index is 0.236. The second kappa shape index (κ2) is 4.13. The molecule has 0 unspecified atom stereocenters. The molecule has 0 aliphatic heterocycles. The molecule has 3 heteroatoms. The molecule has 0 spiro atoms. The highest BCUT2D eigenvalue weighted by Crippen LogP contribution is 2.17. The molecule has 0 atom stereocenters. The van der Waals surface area contributed by atoms with Crippen LogP contribution in [0.25, 0.3) is 0 Å². The molecule has 13 heavy (non-hydrogen) atoms. The fourth-order valence-electron chi connectivity index (χ4n) is 1.04. The van der Waals surface area contributed by atoms with E-state index in [4.69, 9.17) is 15.3 Å². The van der Waals surface area contributed by atoms with Crippen molar-refractivity contribution in [3.05, 3.63) is 29.3 Å². The third-order valence-electron chi connectivity index (χ3n) is 1.70. The van der Waals surface area contributed by atoms with Crippen LogP contribution in [0.15, 0.2) is 18.2 Å². The van der Waals surface area contributed by atoms with Gasteiger partial charge in [-0.05, 0) is 23.8 Å². The van der Waals surface area contributed by atoms with Crippen molar-refractivity contribution in [1.82, 2.24) is 0 Å². The Balaban J connectivity index is 3.13. The van der Waals surface area contributed by atoms with E-state index in [-0.39, 0.29) is 6.42 Å². The van der Waals surface area contributed by atoms with E-state index >= 15 is 0 Å². The third kappa shape index (κ3) is 1.98. The van der Waals surface area contributed by atoms with Gasteiger partial charge in [-0.3, -0.25) is 0 Å². The number of hydrogen-bond acceptors (Lipinski definition) is 3. The van der Waals surface area contributed by atoms with Crippen LogP contribution in [0.3, 0.4) is 0 Å². The molecule has 3 nitrogen and oxygen atoms in total. The molecule has 0 saturated heterocycles. The molecule has 0 bridgehead atoms. The van der Waals surface area contributed by atoms with E-state index in [1.165, 1.54) is 0 Å². The molecular formula is C10H8N2O. The van der Waals surface area contributed by atoms with Gasteiger partial charge in [-0.15, -0.1) is 0 Å². The van der Waals surface area contributed by atoms with Gasteiger partial charge in [-0.25, -0.2) is 0 Å². The van der Waals surface area contributed by atoms with Crippen molar-refractivity contribution >= 4 is 0 Å². The van der Waals surface area contributed by atoms with Crippen molar-refractivity contribution in [3.8, 4) is 17.9 Å². The van der Waals surface area contributed by atoms with Gasteiger partial charge in [-0.2, -0.15) is 10.5 Å². The molecule has 0 fully saturated rings. The number of methoxy groups -OCH3 is 1. The molecule has 0 radical (unpaired) electrons. The Labute approximate surface area is 76.8 Å². The summed E-state index contributed by atoms with van der Waals surface area (Å²) in [5.74, 6) is 0.671. The van der Waals surface area contributed by atoms with Crippen LogP contribution >= 0.6 is 0 Å². The average molecular weight is 172 g/mol. The molecule has 0 amide bonds. The Morgan fingerprint density at radius 2 is 2.15 bits per heavy atom. The maximum Gasteiger partial charge on any atom is 0.119 e. The molecule has 0 aromatic heterocycles. The quantitative estimate of drug-likeness (QED) is 0.681. The van der Waals surface area contributed by atoms with Gasteiger partial charge in [-0.1, -0.05) is 0 Å². The molecule has 64 valence electrons. The molecule has 0 aliphatic carbocycles. The predicted octanol–water partition coefficient (Wildman–Crippen LogP) is 1.63. The number of nitriles is 2. The SMILES string of the molecule is COc1ccc(C#N)c(CC#N)c1. The summed E-state index contributed by atoms with van der Waals surface area (Å²) in [4.78, 5) is 0. The van der Waals surface area contributed by atoms with Gasteiger partial charge in [0.25, 0.3) is 0 Å². The fraction of sp³-hybridized carbons (Fsp3) is 0.200. The van der Waals surface area contributed by atoms with E-state index in [1.807, 2.05) is 12.1 Å². The van der Waals surface area contributed by atoms with Crippen LogP contribution in [0.5, 0.6) is 5.75 Å². The summed E-state index contributed by atoms with van der Waals surface area (Å²) >= 11 is 0. The van der Waals surface area contributed by atoms with E-state index in [2.05, 4.69) is 0 Å². The minimum Gasteiger partial charge on any atom is -0.497 e. The molecule has 1 rings (SSSR count). The highest BCUT2D eigenvalue weighted by molar-refractivity contribution is 5.43. The lowest BCUT2D eigenvalue weighted by Gasteiger charge is -2.02. The van der Waals surface area contributed by atoms with Crippen LogP contribution in [0.2, 0.25) is 0 Å². The second-order valence-corrected chi connectivity index (χ2v) is 2.47. The summed E-state index contributed by atoms with van der Waals surface area (Å²) in [5, 5.41) is 17.2. The summed E-state index contributed by atoms with van der Waals surface area (Å²) < 4.78 is 4.98. The van der Waals surface area contributed by atoms with Crippen molar-refractivity contribution < 1.29 is 4.74 Å². The van der Waals surface area contributed by atoms with Crippen molar-refractivity contribution in [1.29, 1.82) is 10.5 Å². The lowest BCUT2D eigenvalue weighted by Crippen LogP contribution is -1.90. The zero-order valence-corrected chi connectivity index (χ0v) is 7.24. The van der Waals surface area contributed by atoms with Gasteiger partial charge in [0.2, 0.25) is 0 Å². The molecule has 0 N–H and O–H groups in total. The van der Waals surface area contributed by atoms with Gasteiger partial charge < -0.3 is 4.74 Å². The number of nitrogens with zero attached hydrogens (tertiary/aromatic N) is 2. The molecule has 1 aromatic carbocycles. The molecule has 1 aromatic rings. The lowest BCUT2D eigenvalue weighted by atomic mass is 10.1. The number of hydrogen-bond donors (Lipinski definition) is 0. The Kier molecular flexibility index (Phi) is 2.89. The van der Waals surface area contributed by atoms with Crippen LogP contribution < -0.4 is 4.74 Å². The maximum absolute atomic E-state index is 8.71. The molecular weight excluding hydrogens is 164 g/mol. The average Bonchev–Trinajstić information content (AvgIpc) is 2.18. The first kappa shape index (κ1) is 9.09. The van der Waals surface area contributed by atoms with Crippen LogP contribution in [0.4, 0.5) is 0 Å². The number of benzene rings is 1. The van der Waals surface area contributed by atoms with Crippen molar-refractivity contribution in [2.75, 3.05) is 7.11 Å². The van der Waals surface area contributed by atoms with Crippen LogP contribution in [0.1, 0.15) is 11.1 Å². The summed E-state index contributed by atoms with van der Waals surface area (Å²) in [6, 6.07) is 9.10. The Morgan fingerprint density at radius 3 is 2.69 bits per heavy atom. The fourth-order valence-corrected chi connectivity index (χ4v) is 1.04. The molecule has 0 saturated carbocycles. The largest absolute Gasteiger partial charge is 0.497 e. The van der Waals surface area contributed by atoms with Crippen molar-refractivity contribution in [2.45, 2.75) is 6.42 Å². The van der Waals surface area contributed by atoms with Crippen molar-refractivity contribution in [3.63, 3.8) is 0 Å². The second-order valence-electron chi connectivity index (χ2n) is 2.47. The topological polar surface area (TPSA) is 56.8 Å². The van der Waals surface area contributed by atoms with Crippen LogP contribution in [0, 0.1) is 22.7 Å². The number of ether oxygens (including phenoxy) is 1. The molecule has 0 heterocycles. The Morgan fingerprint density at radius 1 is 1.38 bits per heavy atom. The standard InChI is InChI=1S/C10H8N2O/c1-13-10-3-2-9(7-12)8(6-10)4-5-11/h2-3,6H,4H2,1H3.